The van der Waals surface area contributed by atoms with Crippen molar-refractivity contribution in [3.8, 4) is 0 Å². The second-order valence-electron chi connectivity index (χ2n) is 6.77. The molecule has 0 saturated heterocycles. The summed E-state index contributed by atoms with van der Waals surface area (Å²) < 4.78 is 17.5. The zero-order valence-corrected chi connectivity index (χ0v) is 14.7. The Morgan fingerprint density at radius 1 is 1.39 bits per heavy atom. The minimum Gasteiger partial charge on any atom is -0.444 e. The summed E-state index contributed by atoms with van der Waals surface area (Å²) in [5.41, 5.74) is 0.440. The second kappa shape index (κ2) is 6.86. The fourth-order valence-electron chi connectivity index (χ4n) is 2.66. The normalized spacial score (nSPS) is 17.9. The maximum Gasteiger partial charge on any atom is 0.410 e. The highest BCUT2D eigenvalue weighted by atomic mass is 32.1. The van der Waals surface area contributed by atoms with E-state index in [-0.39, 0.29) is 17.0 Å². The van der Waals surface area contributed by atoms with Crippen molar-refractivity contribution in [2.75, 3.05) is 7.05 Å². The summed E-state index contributed by atoms with van der Waals surface area (Å²) >= 11 is 1.26. The van der Waals surface area contributed by atoms with E-state index in [1.807, 2.05) is 20.8 Å². The minimum absolute atomic E-state index is 0.00468. The number of rotatable bonds is 2. The van der Waals surface area contributed by atoms with Crippen LogP contribution in [0.3, 0.4) is 0 Å². The van der Waals surface area contributed by atoms with Gasteiger partial charge in [0, 0.05) is 22.5 Å². The van der Waals surface area contributed by atoms with Crippen molar-refractivity contribution in [1.82, 2.24) is 4.90 Å². The number of likely N-dealkylation sites (N-methyl/N-ethyl adjacent to an activating group) is 1. The van der Waals surface area contributed by atoms with Crippen LogP contribution in [0.5, 0.6) is 0 Å². The van der Waals surface area contributed by atoms with Gasteiger partial charge in [-0.05, 0) is 58.1 Å². The lowest BCUT2D eigenvalue weighted by molar-refractivity contribution is -0.0783. The highest BCUT2D eigenvalue weighted by molar-refractivity contribution is 7.14. The zero-order chi connectivity index (χ0) is 17.2. The first-order valence-corrected chi connectivity index (χ1v) is 8.43. The first-order chi connectivity index (χ1) is 10.7. The van der Waals surface area contributed by atoms with Crippen LogP contribution in [0.2, 0.25) is 0 Å². The predicted octanol–water partition coefficient (Wildman–Crippen LogP) is 3.90. The van der Waals surface area contributed by atoms with Crippen LogP contribution < -0.4 is 0 Å². The molecule has 1 heterocycles. The quantitative estimate of drug-likeness (QED) is 0.764. The van der Waals surface area contributed by atoms with Crippen molar-refractivity contribution in [2.24, 2.45) is 0 Å². The standard InChI is InChI=1S/C16H22FNO4S/c1-16(2,3)21-15(20)18(4)11-6-5-7-12-10(8-11)9-13(23-12)14(19)22-17/h9,11H,5-8H2,1-4H3. The average Bonchev–Trinajstić information content (AvgIpc) is 2.76. The third-order valence-electron chi connectivity index (χ3n) is 3.79. The molecule has 0 aliphatic heterocycles. The summed E-state index contributed by atoms with van der Waals surface area (Å²) in [7, 11) is 1.73. The lowest BCUT2D eigenvalue weighted by Gasteiger charge is -2.30. The molecule has 1 amide bonds. The molecule has 23 heavy (non-hydrogen) atoms. The number of carbonyl (C=O) groups is 2. The Labute approximate surface area is 139 Å². The van der Waals surface area contributed by atoms with Gasteiger partial charge in [-0.25, -0.2) is 14.5 Å². The second-order valence-corrected chi connectivity index (χ2v) is 7.90. The van der Waals surface area contributed by atoms with E-state index >= 15 is 0 Å². The Morgan fingerprint density at radius 3 is 2.70 bits per heavy atom. The highest BCUT2D eigenvalue weighted by Crippen LogP contribution is 2.31. The molecule has 2 rings (SSSR count). The number of thiophene rings is 1. The molecule has 0 aromatic carbocycles. The molecule has 1 aliphatic carbocycles. The molecule has 1 aromatic heterocycles. The molecule has 1 unspecified atom stereocenters. The van der Waals surface area contributed by atoms with Gasteiger partial charge >= 0.3 is 12.1 Å². The predicted molar refractivity (Wildman–Crippen MR) is 85.3 cm³/mol. The van der Waals surface area contributed by atoms with E-state index in [4.69, 9.17) is 4.74 Å². The van der Waals surface area contributed by atoms with E-state index in [0.717, 1.165) is 29.7 Å². The monoisotopic (exact) mass is 343 g/mol. The Balaban J connectivity index is 2.12. The van der Waals surface area contributed by atoms with Crippen molar-refractivity contribution < 1.29 is 23.8 Å². The Kier molecular flexibility index (Phi) is 5.29. The van der Waals surface area contributed by atoms with E-state index in [1.165, 1.54) is 11.3 Å². The van der Waals surface area contributed by atoms with Gasteiger partial charge in [0.15, 0.2) is 0 Å². The molecule has 0 bridgehead atoms. The molecule has 1 aromatic rings. The van der Waals surface area contributed by atoms with Gasteiger partial charge in [0.05, 0.1) is 0 Å². The SMILES string of the molecule is CN(C(=O)OC(C)(C)C)C1CCCc2sc(C(=O)OF)cc2C1. The van der Waals surface area contributed by atoms with Crippen molar-refractivity contribution in [3.05, 3.63) is 21.4 Å². The number of hydrogen-bond acceptors (Lipinski definition) is 5. The van der Waals surface area contributed by atoms with Gasteiger partial charge in [0.2, 0.25) is 0 Å². The van der Waals surface area contributed by atoms with Crippen LogP contribution in [0.15, 0.2) is 6.07 Å². The molecule has 0 fully saturated rings. The first-order valence-electron chi connectivity index (χ1n) is 7.61. The summed E-state index contributed by atoms with van der Waals surface area (Å²) in [6, 6.07) is 1.67. The number of halogens is 1. The Morgan fingerprint density at radius 2 is 2.09 bits per heavy atom. The molecule has 128 valence electrons. The number of ether oxygens (including phenoxy) is 1. The summed E-state index contributed by atoms with van der Waals surface area (Å²) in [4.78, 5) is 29.8. The molecular formula is C16H22FNO4S. The Bertz CT molecular complexity index is 593. The lowest BCUT2D eigenvalue weighted by Crippen LogP contribution is -2.41. The van der Waals surface area contributed by atoms with Crippen LogP contribution >= 0.6 is 11.3 Å². The van der Waals surface area contributed by atoms with Crippen LogP contribution in [0.25, 0.3) is 0 Å². The van der Waals surface area contributed by atoms with Gasteiger partial charge in [-0.15, -0.1) is 11.3 Å². The molecular weight excluding hydrogens is 321 g/mol. The van der Waals surface area contributed by atoms with Crippen molar-refractivity contribution in [1.29, 1.82) is 0 Å². The van der Waals surface area contributed by atoms with E-state index in [0.29, 0.717) is 6.42 Å². The maximum atomic E-state index is 12.2. The summed E-state index contributed by atoms with van der Waals surface area (Å²) in [6.07, 6.45) is 2.85. The van der Waals surface area contributed by atoms with Gasteiger partial charge in [-0.3, -0.25) is 0 Å². The largest absolute Gasteiger partial charge is 0.444 e. The topological polar surface area (TPSA) is 55.8 Å². The first kappa shape index (κ1) is 17.7. The minimum atomic E-state index is -0.958. The van der Waals surface area contributed by atoms with Gasteiger partial charge in [-0.2, -0.15) is 0 Å². The van der Waals surface area contributed by atoms with Gasteiger partial charge in [0.25, 0.3) is 0 Å². The van der Waals surface area contributed by atoms with E-state index in [9.17, 15) is 14.1 Å². The number of carbonyl (C=O) groups excluding carboxylic acids is 2. The number of amides is 1. The average molecular weight is 343 g/mol. The summed E-state index contributed by atoms with van der Waals surface area (Å²) in [5.74, 6) is -0.958. The zero-order valence-electron chi connectivity index (χ0n) is 13.8. The number of aryl methyl sites for hydroxylation is 1. The number of fused-ring (bicyclic) bond motifs is 1. The lowest BCUT2D eigenvalue weighted by atomic mass is 10.1. The number of nitrogens with zero attached hydrogens (tertiary/aromatic N) is 1. The van der Waals surface area contributed by atoms with E-state index in [1.54, 1.807) is 18.0 Å². The summed E-state index contributed by atoms with van der Waals surface area (Å²) in [6.45, 7) is 5.49. The van der Waals surface area contributed by atoms with E-state index in [2.05, 4.69) is 4.94 Å². The maximum absolute atomic E-state index is 12.2. The fourth-order valence-corrected chi connectivity index (χ4v) is 3.76. The third kappa shape index (κ3) is 4.43. The third-order valence-corrected chi connectivity index (χ3v) is 5.01. The fraction of sp³-hybridized carbons (Fsp3) is 0.625. The molecule has 0 spiro atoms. The van der Waals surface area contributed by atoms with Crippen LogP contribution in [0, 0.1) is 0 Å². The van der Waals surface area contributed by atoms with Crippen molar-refractivity contribution in [3.63, 3.8) is 0 Å². The van der Waals surface area contributed by atoms with Crippen LogP contribution in [-0.4, -0.2) is 35.7 Å². The summed E-state index contributed by atoms with van der Waals surface area (Å²) in [5, 5.41) is 0. The van der Waals surface area contributed by atoms with Crippen molar-refractivity contribution >= 4 is 23.4 Å². The molecule has 0 N–H and O–H groups in total. The molecule has 0 radical (unpaired) electrons. The molecule has 0 saturated carbocycles. The van der Waals surface area contributed by atoms with Gasteiger partial charge in [-0.1, -0.05) is 0 Å². The van der Waals surface area contributed by atoms with E-state index < -0.39 is 11.6 Å². The highest BCUT2D eigenvalue weighted by Gasteiger charge is 2.29. The molecule has 1 aliphatic rings. The van der Waals surface area contributed by atoms with Gasteiger partial charge in [0.1, 0.15) is 10.5 Å². The van der Waals surface area contributed by atoms with Crippen LogP contribution in [0.1, 0.15) is 53.7 Å². The van der Waals surface area contributed by atoms with Crippen molar-refractivity contribution in [2.45, 2.75) is 58.1 Å². The molecule has 5 nitrogen and oxygen atoms in total. The Hall–Kier alpha value is -1.63. The van der Waals surface area contributed by atoms with Crippen LogP contribution in [0.4, 0.5) is 9.32 Å². The number of hydrogen-bond donors (Lipinski definition) is 0. The smallest absolute Gasteiger partial charge is 0.410 e. The molecule has 1 atom stereocenters. The van der Waals surface area contributed by atoms with Crippen LogP contribution in [-0.2, 0) is 22.5 Å². The molecule has 7 heteroatoms. The van der Waals surface area contributed by atoms with Gasteiger partial charge < -0.3 is 9.64 Å².